The van der Waals surface area contributed by atoms with Gasteiger partial charge in [0.25, 0.3) is 5.91 Å². The van der Waals surface area contributed by atoms with Crippen molar-refractivity contribution in [2.75, 3.05) is 23.3 Å². The summed E-state index contributed by atoms with van der Waals surface area (Å²) in [6, 6.07) is 5.78. The van der Waals surface area contributed by atoms with Crippen molar-refractivity contribution in [3.05, 3.63) is 48.3 Å². The zero-order valence-corrected chi connectivity index (χ0v) is 14.9. The number of benzene rings is 1. The van der Waals surface area contributed by atoms with Crippen LogP contribution in [-0.4, -0.2) is 41.3 Å². The third-order valence-corrected chi connectivity index (χ3v) is 4.01. The van der Waals surface area contributed by atoms with Crippen molar-refractivity contribution in [2.45, 2.75) is 19.8 Å². The first-order valence-corrected chi connectivity index (χ1v) is 8.43. The summed E-state index contributed by atoms with van der Waals surface area (Å²) in [5.41, 5.74) is 1.74. The second kappa shape index (κ2) is 7.75. The quantitative estimate of drug-likeness (QED) is 0.761. The first-order valence-electron chi connectivity index (χ1n) is 8.43. The molecule has 0 aliphatic carbocycles. The van der Waals surface area contributed by atoms with Crippen LogP contribution in [0.4, 0.5) is 29.3 Å². The molecule has 2 aromatic rings. The molecule has 0 atom stereocenters. The van der Waals surface area contributed by atoms with E-state index >= 15 is 0 Å². The molecule has 1 aromatic heterocycles. The number of imide groups is 1. The minimum Gasteiger partial charge on any atom is -0.406 e. The van der Waals surface area contributed by atoms with Crippen LogP contribution in [0.15, 0.2) is 42.7 Å². The highest BCUT2D eigenvalue weighted by Gasteiger charge is 2.37. The predicted octanol–water partition coefficient (Wildman–Crippen LogP) is 3.38. The lowest BCUT2D eigenvalue weighted by Crippen LogP contribution is -2.32. The number of carbonyl (C=O) groups excluding carboxylic acids is 2. The Morgan fingerprint density at radius 3 is 2.54 bits per heavy atom. The fourth-order valence-corrected chi connectivity index (χ4v) is 2.84. The molecule has 0 saturated carbocycles. The molecule has 10 heteroatoms. The number of rotatable bonds is 6. The van der Waals surface area contributed by atoms with Crippen LogP contribution in [0, 0.1) is 0 Å². The Bertz CT molecular complexity index is 871. The molecule has 148 valence electrons. The van der Waals surface area contributed by atoms with Crippen molar-refractivity contribution in [1.29, 1.82) is 0 Å². The van der Waals surface area contributed by atoms with E-state index in [0.717, 1.165) is 28.3 Å². The molecule has 1 fully saturated rings. The van der Waals surface area contributed by atoms with Gasteiger partial charge in [-0.15, -0.1) is 13.2 Å². The highest BCUT2D eigenvalue weighted by Crippen LogP contribution is 2.28. The summed E-state index contributed by atoms with van der Waals surface area (Å²) < 4.78 is 40.6. The standard InChI is InChI=1S/C18H17F3N4O3/c1-2-23-15-9-22-8-7-12(15)10-24-11-16(26)25(17(24)27)13-3-5-14(6-4-13)28-18(19,20)21/h3-9,23H,2,10-11H2,1H3. The number of ether oxygens (including phenoxy) is 1. The minimum atomic E-state index is -4.81. The van der Waals surface area contributed by atoms with Crippen LogP contribution in [0.2, 0.25) is 0 Å². The molecule has 7 nitrogen and oxygen atoms in total. The molecule has 0 spiro atoms. The van der Waals surface area contributed by atoms with Crippen molar-refractivity contribution < 1.29 is 27.5 Å². The van der Waals surface area contributed by atoms with Gasteiger partial charge in [-0.05, 0) is 42.8 Å². The Morgan fingerprint density at radius 1 is 1.18 bits per heavy atom. The SMILES string of the molecule is CCNc1cnccc1CN1CC(=O)N(c2ccc(OC(F)(F)F)cc2)C1=O. The second-order valence-corrected chi connectivity index (χ2v) is 5.97. The summed E-state index contributed by atoms with van der Waals surface area (Å²) >= 11 is 0. The van der Waals surface area contributed by atoms with Gasteiger partial charge in [-0.2, -0.15) is 0 Å². The van der Waals surface area contributed by atoms with Gasteiger partial charge in [0.15, 0.2) is 0 Å². The Labute approximate surface area is 158 Å². The number of amides is 3. The van der Waals surface area contributed by atoms with Gasteiger partial charge in [-0.3, -0.25) is 9.78 Å². The number of nitrogens with zero attached hydrogens (tertiary/aromatic N) is 3. The van der Waals surface area contributed by atoms with Gasteiger partial charge in [0.05, 0.1) is 24.1 Å². The number of pyridine rings is 1. The molecule has 0 bridgehead atoms. The van der Waals surface area contributed by atoms with E-state index in [4.69, 9.17) is 0 Å². The first-order chi connectivity index (χ1) is 13.3. The van der Waals surface area contributed by atoms with E-state index in [-0.39, 0.29) is 18.8 Å². The largest absolute Gasteiger partial charge is 0.573 e. The molecular weight excluding hydrogens is 377 g/mol. The topological polar surface area (TPSA) is 74.8 Å². The Balaban J connectivity index is 1.75. The fourth-order valence-electron chi connectivity index (χ4n) is 2.84. The lowest BCUT2D eigenvalue weighted by Gasteiger charge is -2.19. The molecule has 28 heavy (non-hydrogen) atoms. The fraction of sp³-hybridized carbons (Fsp3) is 0.278. The third kappa shape index (κ3) is 4.33. The Hall–Kier alpha value is -3.30. The average molecular weight is 394 g/mol. The van der Waals surface area contributed by atoms with Crippen LogP contribution in [0.3, 0.4) is 0 Å². The van der Waals surface area contributed by atoms with Crippen molar-refractivity contribution >= 4 is 23.3 Å². The minimum absolute atomic E-state index is 0.131. The first kappa shape index (κ1) is 19.5. The smallest absolute Gasteiger partial charge is 0.406 e. The van der Waals surface area contributed by atoms with Gasteiger partial charge in [-0.25, -0.2) is 9.69 Å². The predicted molar refractivity (Wildman–Crippen MR) is 94.8 cm³/mol. The number of anilines is 2. The summed E-state index contributed by atoms with van der Waals surface area (Å²) in [7, 11) is 0. The maximum Gasteiger partial charge on any atom is 0.573 e. The third-order valence-electron chi connectivity index (χ3n) is 4.01. The normalized spacial score (nSPS) is 14.6. The molecule has 0 unspecified atom stereocenters. The zero-order chi connectivity index (χ0) is 20.3. The Kier molecular flexibility index (Phi) is 5.39. The van der Waals surface area contributed by atoms with Gasteiger partial charge >= 0.3 is 12.4 Å². The molecule has 1 aliphatic heterocycles. The summed E-state index contributed by atoms with van der Waals surface area (Å²) in [4.78, 5) is 31.4. The van der Waals surface area contributed by atoms with Gasteiger partial charge < -0.3 is 15.0 Å². The molecular formula is C18H17F3N4O3. The van der Waals surface area contributed by atoms with Crippen molar-refractivity contribution in [2.24, 2.45) is 0 Å². The Morgan fingerprint density at radius 2 is 1.89 bits per heavy atom. The molecule has 1 saturated heterocycles. The number of carbonyl (C=O) groups is 2. The van der Waals surface area contributed by atoms with E-state index in [1.807, 2.05) is 6.92 Å². The summed E-state index contributed by atoms with van der Waals surface area (Å²) in [6.07, 6.45) is -1.58. The van der Waals surface area contributed by atoms with Crippen LogP contribution in [0.25, 0.3) is 0 Å². The van der Waals surface area contributed by atoms with E-state index in [1.54, 1.807) is 18.5 Å². The van der Waals surface area contributed by atoms with Crippen LogP contribution in [0.5, 0.6) is 5.75 Å². The number of aromatic nitrogens is 1. The highest BCUT2D eigenvalue weighted by atomic mass is 19.4. The molecule has 3 amide bonds. The maximum absolute atomic E-state index is 12.7. The summed E-state index contributed by atoms with van der Waals surface area (Å²) in [6.45, 7) is 2.66. The molecule has 3 rings (SSSR count). The van der Waals surface area contributed by atoms with E-state index in [9.17, 15) is 22.8 Å². The monoisotopic (exact) mass is 394 g/mol. The van der Waals surface area contributed by atoms with Crippen LogP contribution < -0.4 is 15.0 Å². The second-order valence-electron chi connectivity index (χ2n) is 5.97. The molecule has 0 radical (unpaired) electrons. The van der Waals surface area contributed by atoms with E-state index in [1.165, 1.54) is 17.0 Å². The number of hydrogen-bond acceptors (Lipinski definition) is 5. The van der Waals surface area contributed by atoms with Crippen molar-refractivity contribution in [3.8, 4) is 5.75 Å². The maximum atomic E-state index is 12.7. The van der Waals surface area contributed by atoms with Crippen LogP contribution in [-0.2, 0) is 11.3 Å². The van der Waals surface area contributed by atoms with Gasteiger partial charge in [0, 0.05) is 12.7 Å². The number of halogens is 3. The summed E-state index contributed by atoms with van der Waals surface area (Å²) in [5.74, 6) is -0.896. The zero-order valence-electron chi connectivity index (χ0n) is 14.9. The lowest BCUT2D eigenvalue weighted by atomic mass is 10.2. The van der Waals surface area contributed by atoms with E-state index in [0.29, 0.717) is 6.54 Å². The number of alkyl halides is 3. The summed E-state index contributed by atoms with van der Waals surface area (Å²) in [5, 5.41) is 3.14. The molecule has 2 heterocycles. The number of urea groups is 1. The van der Waals surface area contributed by atoms with Gasteiger partial charge in [-0.1, -0.05) is 0 Å². The van der Waals surface area contributed by atoms with Crippen LogP contribution >= 0.6 is 0 Å². The van der Waals surface area contributed by atoms with E-state index in [2.05, 4.69) is 15.0 Å². The highest BCUT2D eigenvalue weighted by molar-refractivity contribution is 6.19. The lowest BCUT2D eigenvalue weighted by molar-refractivity contribution is -0.274. The molecule has 1 N–H and O–H groups in total. The van der Waals surface area contributed by atoms with E-state index < -0.39 is 24.1 Å². The van der Waals surface area contributed by atoms with Gasteiger partial charge in [0.1, 0.15) is 12.3 Å². The van der Waals surface area contributed by atoms with Crippen molar-refractivity contribution in [3.63, 3.8) is 0 Å². The van der Waals surface area contributed by atoms with Crippen LogP contribution in [0.1, 0.15) is 12.5 Å². The van der Waals surface area contributed by atoms with Gasteiger partial charge in [0.2, 0.25) is 0 Å². The molecule has 1 aromatic carbocycles. The molecule has 1 aliphatic rings. The van der Waals surface area contributed by atoms with Crippen molar-refractivity contribution in [1.82, 2.24) is 9.88 Å². The number of nitrogens with one attached hydrogen (secondary N) is 1. The average Bonchev–Trinajstić information content (AvgIpc) is 2.90. The number of hydrogen-bond donors (Lipinski definition) is 1.